The number of benzene rings is 1. The Bertz CT molecular complexity index is 642. The average Bonchev–Trinajstić information content (AvgIpc) is 3.08. The van der Waals surface area contributed by atoms with Gasteiger partial charge in [0.25, 0.3) is 0 Å². The second-order valence-electron chi connectivity index (χ2n) is 5.53. The molecule has 5 heteroatoms. The van der Waals surface area contributed by atoms with Gasteiger partial charge < -0.3 is 15.3 Å². The molecule has 2 amide bonds. The third kappa shape index (κ3) is 2.87. The molecule has 3 rings (SSSR count). The second-order valence-corrected chi connectivity index (χ2v) is 6.51. The summed E-state index contributed by atoms with van der Waals surface area (Å²) in [6.07, 6.45) is 0.827. The molecule has 2 heterocycles. The maximum absolute atomic E-state index is 12.6. The Morgan fingerprint density at radius 3 is 2.95 bits per heavy atom. The van der Waals surface area contributed by atoms with E-state index in [1.54, 1.807) is 16.2 Å². The van der Waals surface area contributed by atoms with Gasteiger partial charge in [-0.25, -0.2) is 4.79 Å². The number of amides is 2. The SMILES string of the molecule is C[C@@H](NC(=O)N1CCc2ccccc2[C@@H]1CO)c1cccs1. The molecule has 1 aromatic carbocycles. The van der Waals surface area contributed by atoms with Crippen molar-refractivity contribution in [3.05, 3.63) is 57.8 Å². The lowest BCUT2D eigenvalue weighted by molar-refractivity contribution is 0.125. The highest BCUT2D eigenvalue weighted by molar-refractivity contribution is 7.10. The Labute approximate surface area is 134 Å². The highest BCUT2D eigenvalue weighted by Gasteiger charge is 2.30. The highest BCUT2D eigenvalue weighted by Crippen LogP contribution is 2.29. The number of thiophene rings is 1. The topological polar surface area (TPSA) is 52.6 Å². The Morgan fingerprint density at radius 1 is 1.41 bits per heavy atom. The lowest BCUT2D eigenvalue weighted by Crippen LogP contribution is -2.47. The van der Waals surface area contributed by atoms with Gasteiger partial charge in [0, 0.05) is 11.4 Å². The van der Waals surface area contributed by atoms with Crippen LogP contribution in [0.3, 0.4) is 0 Å². The quantitative estimate of drug-likeness (QED) is 0.914. The van der Waals surface area contributed by atoms with Gasteiger partial charge in [-0.3, -0.25) is 0 Å². The lowest BCUT2D eigenvalue weighted by Gasteiger charge is -2.36. The summed E-state index contributed by atoms with van der Waals surface area (Å²) in [5.41, 5.74) is 2.27. The normalized spacial score (nSPS) is 18.6. The first kappa shape index (κ1) is 15.1. The minimum Gasteiger partial charge on any atom is -0.394 e. The fourth-order valence-corrected chi connectivity index (χ4v) is 3.70. The maximum atomic E-state index is 12.6. The Kier molecular flexibility index (Phi) is 4.45. The molecule has 0 fully saturated rings. The number of rotatable bonds is 3. The highest BCUT2D eigenvalue weighted by atomic mass is 32.1. The van der Waals surface area contributed by atoms with E-state index < -0.39 is 0 Å². The van der Waals surface area contributed by atoms with E-state index >= 15 is 0 Å². The molecule has 1 aliphatic heterocycles. The molecule has 0 saturated carbocycles. The van der Waals surface area contributed by atoms with Gasteiger partial charge in [-0.2, -0.15) is 0 Å². The molecule has 0 spiro atoms. The summed E-state index contributed by atoms with van der Waals surface area (Å²) in [4.78, 5) is 15.5. The van der Waals surface area contributed by atoms with Gasteiger partial charge in [-0.05, 0) is 35.9 Å². The molecule has 0 bridgehead atoms. The van der Waals surface area contributed by atoms with E-state index in [-0.39, 0.29) is 24.7 Å². The molecule has 1 aliphatic rings. The van der Waals surface area contributed by atoms with Crippen LogP contribution in [-0.2, 0) is 6.42 Å². The predicted octanol–water partition coefficient (Wildman–Crippen LogP) is 3.11. The molecular formula is C17H20N2O2S. The first-order valence-corrected chi connectivity index (χ1v) is 8.38. The third-order valence-corrected chi connectivity index (χ3v) is 5.21. The first-order chi connectivity index (χ1) is 10.7. The van der Waals surface area contributed by atoms with E-state index in [1.165, 1.54) is 5.56 Å². The summed E-state index contributed by atoms with van der Waals surface area (Å²) in [5, 5.41) is 14.8. The predicted molar refractivity (Wildman–Crippen MR) is 87.9 cm³/mol. The zero-order valence-electron chi connectivity index (χ0n) is 12.5. The van der Waals surface area contributed by atoms with Gasteiger partial charge in [0.2, 0.25) is 0 Å². The van der Waals surface area contributed by atoms with Crippen LogP contribution in [0.25, 0.3) is 0 Å². The number of urea groups is 1. The Hall–Kier alpha value is -1.85. The number of carbonyl (C=O) groups is 1. The van der Waals surface area contributed by atoms with Gasteiger partial charge in [-0.1, -0.05) is 30.3 Å². The summed E-state index contributed by atoms with van der Waals surface area (Å²) in [7, 11) is 0. The van der Waals surface area contributed by atoms with Crippen LogP contribution in [0.15, 0.2) is 41.8 Å². The van der Waals surface area contributed by atoms with Gasteiger partial charge in [-0.15, -0.1) is 11.3 Å². The molecule has 1 aromatic heterocycles. The van der Waals surface area contributed by atoms with Crippen molar-refractivity contribution < 1.29 is 9.90 Å². The zero-order valence-corrected chi connectivity index (χ0v) is 13.3. The van der Waals surface area contributed by atoms with Crippen LogP contribution in [-0.4, -0.2) is 29.2 Å². The second kappa shape index (κ2) is 6.50. The van der Waals surface area contributed by atoms with Gasteiger partial charge in [0.15, 0.2) is 0 Å². The average molecular weight is 316 g/mol. The number of nitrogens with zero attached hydrogens (tertiary/aromatic N) is 1. The molecule has 0 radical (unpaired) electrons. The van der Waals surface area contributed by atoms with Crippen LogP contribution in [0.4, 0.5) is 4.79 Å². The van der Waals surface area contributed by atoms with Gasteiger partial charge in [0.05, 0.1) is 18.7 Å². The van der Waals surface area contributed by atoms with Crippen molar-refractivity contribution in [3.63, 3.8) is 0 Å². The number of carbonyl (C=O) groups excluding carboxylic acids is 1. The molecule has 0 saturated heterocycles. The molecule has 116 valence electrons. The maximum Gasteiger partial charge on any atom is 0.318 e. The van der Waals surface area contributed by atoms with Crippen molar-refractivity contribution in [1.82, 2.24) is 10.2 Å². The number of hydrogen-bond donors (Lipinski definition) is 2. The summed E-state index contributed by atoms with van der Waals surface area (Å²) in [6.45, 7) is 2.55. The van der Waals surface area contributed by atoms with E-state index in [0.29, 0.717) is 6.54 Å². The van der Waals surface area contributed by atoms with Crippen LogP contribution >= 0.6 is 11.3 Å². The van der Waals surface area contributed by atoms with Crippen LogP contribution in [0.1, 0.15) is 35.0 Å². The molecule has 2 atom stereocenters. The fourth-order valence-electron chi connectivity index (χ4n) is 2.97. The number of aliphatic hydroxyl groups is 1. The third-order valence-electron chi connectivity index (χ3n) is 4.16. The summed E-state index contributed by atoms with van der Waals surface area (Å²) in [5.74, 6) is 0. The van der Waals surface area contributed by atoms with E-state index in [2.05, 4.69) is 11.4 Å². The minimum atomic E-state index is -0.263. The first-order valence-electron chi connectivity index (χ1n) is 7.50. The Morgan fingerprint density at radius 2 is 2.23 bits per heavy atom. The van der Waals surface area contributed by atoms with E-state index in [0.717, 1.165) is 16.9 Å². The largest absolute Gasteiger partial charge is 0.394 e. The van der Waals surface area contributed by atoms with Crippen molar-refractivity contribution in [3.8, 4) is 0 Å². The summed E-state index contributed by atoms with van der Waals surface area (Å²) < 4.78 is 0. The van der Waals surface area contributed by atoms with Crippen LogP contribution in [0, 0.1) is 0 Å². The Balaban J connectivity index is 1.75. The van der Waals surface area contributed by atoms with Crippen molar-refractivity contribution in [2.75, 3.05) is 13.2 Å². The van der Waals surface area contributed by atoms with Crippen LogP contribution in [0.5, 0.6) is 0 Å². The molecule has 0 unspecified atom stereocenters. The van der Waals surface area contributed by atoms with Gasteiger partial charge >= 0.3 is 6.03 Å². The molecule has 0 aliphatic carbocycles. The van der Waals surface area contributed by atoms with Crippen molar-refractivity contribution >= 4 is 17.4 Å². The zero-order chi connectivity index (χ0) is 15.5. The van der Waals surface area contributed by atoms with Crippen molar-refractivity contribution in [2.45, 2.75) is 25.4 Å². The molecule has 2 N–H and O–H groups in total. The number of nitrogens with one attached hydrogen (secondary N) is 1. The monoisotopic (exact) mass is 316 g/mol. The summed E-state index contributed by atoms with van der Waals surface area (Å²) in [6, 6.07) is 11.6. The smallest absolute Gasteiger partial charge is 0.318 e. The van der Waals surface area contributed by atoms with Crippen LogP contribution in [0.2, 0.25) is 0 Å². The standard InChI is InChI=1S/C17H20N2O2S/c1-12(16-7-4-10-22-16)18-17(21)19-9-8-13-5-2-3-6-14(13)15(19)11-20/h2-7,10,12,15,20H,8-9,11H2,1H3,(H,18,21)/t12-,15+/m1/s1. The summed E-state index contributed by atoms with van der Waals surface area (Å²) >= 11 is 1.63. The number of hydrogen-bond acceptors (Lipinski definition) is 3. The van der Waals surface area contributed by atoms with E-state index in [1.807, 2.05) is 42.6 Å². The molecule has 2 aromatic rings. The van der Waals surface area contributed by atoms with Crippen molar-refractivity contribution in [2.24, 2.45) is 0 Å². The number of aliphatic hydroxyl groups excluding tert-OH is 1. The van der Waals surface area contributed by atoms with Crippen LogP contribution < -0.4 is 5.32 Å². The lowest BCUT2D eigenvalue weighted by atomic mass is 9.93. The fraction of sp³-hybridized carbons (Fsp3) is 0.353. The molecular weight excluding hydrogens is 296 g/mol. The molecule has 22 heavy (non-hydrogen) atoms. The minimum absolute atomic E-state index is 0.0241. The number of fused-ring (bicyclic) bond motifs is 1. The van der Waals surface area contributed by atoms with E-state index in [9.17, 15) is 9.90 Å². The van der Waals surface area contributed by atoms with E-state index in [4.69, 9.17) is 0 Å². The van der Waals surface area contributed by atoms with Crippen molar-refractivity contribution in [1.29, 1.82) is 0 Å². The van der Waals surface area contributed by atoms with Gasteiger partial charge in [0.1, 0.15) is 0 Å². The molecule has 4 nitrogen and oxygen atoms in total.